The van der Waals surface area contributed by atoms with Gasteiger partial charge >= 0.3 is 24.3 Å². The summed E-state index contributed by atoms with van der Waals surface area (Å²) in [6.07, 6.45) is -4.88. The van der Waals surface area contributed by atoms with E-state index in [0.29, 0.717) is 6.07 Å². The molecule has 3 rings (SSSR count). The summed E-state index contributed by atoms with van der Waals surface area (Å²) in [7, 11) is 0. The van der Waals surface area contributed by atoms with Crippen molar-refractivity contribution in [2.75, 3.05) is 10.6 Å². The van der Waals surface area contributed by atoms with Gasteiger partial charge in [0.05, 0.1) is 16.3 Å². The number of anilines is 2. The minimum Gasteiger partial charge on any atom is -0.457 e. The Hall–Kier alpha value is -4.39. The minimum absolute atomic E-state index is 0.0393. The highest BCUT2D eigenvalue weighted by molar-refractivity contribution is 6.31. The quantitative estimate of drug-likeness (QED) is 0.233. The van der Waals surface area contributed by atoms with Crippen molar-refractivity contribution < 1.29 is 41.4 Å². The maximum Gasteiger partial charge on any atom is 0.417 e. The van der Waals surface area contributed by atoms with Crippen LogP contribution in [0.2, 0.25) is 5.02 Å². The highest BCUT2D eigenvalue weighted by Gasteiger charge is 2.33. The molecule has 0 aliphatic carbocycles. The number of aromatic nitrogens is 1. The molecule has 0 radical (unpaired) electrons. The van der Waals surface area contributed by atoms with Gasteiger partial charge in [0, 0.05) is 24.0 Å². The number of alkyl halides is 3. The number of hydrogen-bond acceptors (Lipinski definition) is 6. The van der Waals surface area contributed by atoms with E-state index in [9.17, 15) is 31.9 Å². The Morgan fingerprint density at radius 3 is 2.34 bits per heavy atom. The predicted molar refractivity (Wildman–Crippen MR) is 115 cm³/mol. The van der Waals surface area contributed by atoms with E-state index in [0.717, 1.165) is 30.3 Å². The molecule has 0 unspecified atom stereocenters. The van der Waals surface area contributed by atoms with Crippen LogP contribution in [0.3, 0.4) is 0 Å². The summed E-state index contributed by atoms with van der Waals surface area (Å²) in [4.78, 5) is 38.1. The molecule has 3 aromatic rings. The standard InChI is InChI=1S/C21H13ClF4N4O5/c22-14-3-1-10(7-13(14)21(24,25)26)29-20(33)30-16-4-2-11(8-15(16)23)34-12-5-6-28-17(9-12)18(31)35-19(27)32/h1-9H,(H2,27,32)(H2,29,30,33). The molecule has 0 atom stereocenters. The first-order valence-electron chi connectivity index (χ1n) is 9.32. The fraction of sp³-hybridized carbons (Fsp3) is 0.0476. The van der Waals surface area contributed by atoms with Gasteiger partial charge in [-0.25, -0.2) is 23.8 Å². The molecule has 1 aromatic heterocycles. The molecule has 35 heavy (non-hydrogen) atoms. The second-order valence-corrected chi connectivity index (χ2v) is 7.01. The van der Waals surface area contributed by atoms with Crippen molar-refractivity contribution in [2.45, 2.75) is 6.18 Å². The van der Waals surface area contributed by atoms with Gasteiger partial charge in [0.1, 0.15) is 17.3 Å². The van der Waals surface area contributed by atoms with Crippen molar-refractivity contribution in [2.24, 2.45) is 5.73 Å². The van der Waals surface area contributed by atoms with Crippen LogP contribution in [0.5, 0.6) is 11.5 Å². The Morgan fingerprint density at radius 1 is 0.971 bits per heavy atom. The summed E-state index contributed by atoms with van der Waals surface area (Å²) < 4.78 is 62.9. The number of benzene rings is 2. The van der Waals surface area contributed by atoms with Crippen molar-refractivity contribution >= 4 is 41.1 Å². The van der Waals surface area contributed by atoms with E-state index in [-0.39, 0.29) is 28.6 Å². The molecule has 0 saturated heterocycles. The van der Waals surface area contributed by atoms with Gasteiger partial charge < -0.3 is 25.8 Å². The number of nitrogens with one attached hydrogen (secondary N) is 2. The van der Waals surface area contributed by atoms with Crippen LogP contribution in [-0.2, 0) is 10.9 Å². The van der Waals surface area contributed by atoms with Crippen molar-refractivity contribution in [1.82, 2.24) is 4.98 Å². The maximum absolute atomic E-state index is 14.4. The molecule has 0 saturated carbocycles. The van der Waals surface area contributed by atoms with Crippen LogP contribution in [0.1, 0.15) is 16.1 Å². The number of carbonyl (C=O) groups is 3. The number of rotatable bonds is 5. The monoisotopic (exact) mass is 512 g/mol. The Kier molecular flexibility index (Phi) is 7.40. The normalized spacial score (nSPS) is 10.9. The molecule has 0 aliphatic rings. The number of urea groups is 1. The molecule has 9 nitrogen and oxygen atoms in total. The SMILES string of the molecule is NC(=O)OC(=O)c1cc(Oc2ccc(NC(=O)Nc3ccc(Cl)c(C(F)(F)F)c3)c(F)c2)ccn1. The van der Waals surface area contributed by atoms with Gasteiger partial charge in [0.15, 0.2) is 5.69 Å². The van der Waals surface area contributed by atoms with Crippen molar-refractivity contribution in [3.05, 3.63) is 76.8 Å². The number of carbonyl (C=O) groups excluding carboxylic acids is 3. The number of hydrogen-bond donors (Lipinski definition) is 3. The zero-order valence-corrected chi connectivity index (χ0v) is 17.9. The van der Waals surface area contributed by atoms with Gasteiger partial charge in [-0.05, 0) is 36.4 Å². The predicted octanol–water partition coefficient (Wildman–Crippen LogP) is 5.56. The third-order valence-corrected chi connectivity index (χ3v) is 4.42. The topological polar surface area (TPSA) is 133 Å². The number of halogens is 5. The van der Waals surface area contributed by atoms with E-state index >= 15 is 0 Å². The van der Waals surface area contributed by atoms with Gasteiger partial charge in [-0.15, -0.1) is 0 Å². The van der Waals surface area contributed by atoms with Gasteiger partial charge in [-0.3, -0.25) is 0 Å². The molecular formula is C21H13ClF4N4O5. The largest absolute Gasteiger partial charge is 0.457 e. The number of amides is 3. The number of pyridine rings is 1. The molecule has 2 aromatic carbocycles. The van der Waals surface area contributed by atoms with Gasteiger partial charge in [0.25, 0.3) is 0 Å². The molecule has 0 bridgehead atoms. The summed E-state index contributed by atoms with van der Waals surface area (Å²) in [6.45, 7) is 0. The highest BCUT2D eigenvalue weighted by atomic mass is 35.5. The molecule has 0 fully saturated rings. The highest BCUT2D eigenvalue weighted by Crippen LogP contribution is 2.36. The van der Waals surface area contributed by atoms with Crippen LogP contribution >= 0.6 is 11.6 Å². The molecular weight excluding hydrogens is 500 g/mol. The second-order valence-electron chi connectivity index (χ2n) is 6.60. The Balaban J connectivity index is 1.67. The lowest BCUT2D eigenvalue weighted by Crippen LogP contribution is -2.20. The van der Waals surface area contributed by atoms with E-state index in [1.165, 1.54) is 18.3 Å². The van der Waals surface area contributed by atoms with E-state index in [1.807, 2.05) is 0 Å². The van der Waals surface area contributed by atoms with Gasteiger partial charge in [-0.1, -0.05) is 11.6 Å². The molecule has 0 aliphatic heterocycles. The maximum atomic E-state index is 14.4. The van der Waals surface area contributed by atoms with Crippen LogP contribution in [0.25, 0.3) is 0 Å². The summed E-state index contributed by atoms with van der Waals surface area (Å²) in [5.74, 6) is -2.06. The first-order valence-corrected chi connectivity index (χ1v) is 9.70. The number of ether oxygens (including phenoxy) is 2. The van der Waals surface area contributed by atoms with Crippen molar-refractivity contribution in [1.29, 1.82) is 0 Å². The number of nitrogens with zero attached hydrogens (tertiary/aromatic N) is 1. The Labute approximate surface area is 198 Å². The van der Waals surface area contributed by atoms with Gasteiger partial charge in [0.2, 0.25) is 0 Å². The molecule has 182 valence electrons. The molecule has 14 heteroatoms. The summed E-state index contributed by atoms with van der Waals surface area (Å²) in [6, 6.07) is 7.49. The lowest BCUT2D eigenvalue weighted by molar-refractivity contribution is -0.137. The van der Waals surface area contributed by atoms with Crippen molar-refractivity contribution in [3.8, 4) is 11.5 Å². The first-order chi connectivity index (χ1) is 16.4. The van der Waals surface area contributed by atoms with Crippen LogP contribution in [-0.4, -0.2) is 23.1 Å². The fourth-order valence-corrected chi connectivity index (χ4v) is 2.86. The fourth-order valence-electron chi connectivity index (χ4n) is 2.63. The van der Waals surface area contributed by atoms with Crippen LogP contribution in [0.4, 0.5) is 38.5 Å². The summed E-state index contributed by atoms with van der Waals surface area (Å²) in [5.41, 5.74) is 2.79. The number of esters is 1. The molecule has 1 heterocycles. The number of nitrogens with two attached hydrogens (primary N) is 1. The van der Waals surface area contributed by atoms with Crippen molar-refractivity contribution in [3.63, 3.8) is 0 Å². The lowest BCUT2D eigenvalue weighted by atomic mass is 10.2. The van der Waals surface area contributed by atoms with E-state index in [1.54, 1.807) is 0 Å². The smallest absolute Gasteiger partial charge is 0.417 e. The third kappa shape index (κ3) is 6.80. The van der Waals surface area contributed by atoms with E-state index in [4.69, 9.17) is 22.1 Å². The third-order valence-electron chi connectivity index (χ3n) is 4.09. The van der Waals surface area contributed by atoms with E-state index < -0.39 is 40.7 Å². The zero-order chi connectivity index (χ0) is 25.8. The molecule has 3 amide bonds. The van der Waals surface area contributed by atoms with E-state index in [2.05, 4.69) is 20.4 Å². The van der Waals surface area contributed by atoms with Crippen LogP contribution in [0, 0.1) is 5.82 Å². The second kappa shape index (κ2) is 10.3. The first kappa shape index (κ1) is 25.2. The average Bonchev–Trinajstić information content (AvgIpc) is 2.76. The molecule has 4 N–H and O–H groups in total. The van der Waals surface area contributed by atoms with Gasteiger partial charge in [-0.2, -0.15) is 13.2 Å². The summed E-state index contributed by atoms with van der Waals surface area (Å²) in [5, 5.41) is 3.76. The average molecular weight is 513 g/mol. The summed E-state index contributed by atoms with van der Waals surface area (Å²) >= 11 is 5.53. The van der Waals surface area contributed by atoms with Crippen LogP contribution in [0.15, 0.2) is 54.7 Å². The Morgan fingerprint density at radius 2 is 1.69 bits per heavy atom. The lowest BCUT2D eigenvalue weighted by Gasteiger charge is -2.13. The van der Waals surface area contributed by atoms with Crippen LogP contribution < -0.4 is 21.1 Å². The zero-order valence-electron chi connectivity index (χ0n) is 17.2. The molecule has 0 spiro atoms. The number of primary amides is 1. The minimum atomic E-state index is -4.73. The Bertz CT molecular complexity index is 1300.